The van der Waals surface area contributed by atoms with Crippen molar-refractivity contribution in [3.63, 3.8) is 0 Å². The Morgan fingerprint density at radius 2 is 0.470 bits per heavy atom. The molecular weight excluding hydrogens is 1020 g/mol. The van der Waals surface area contributed by atoms with Gasteiger partial charge < -0.3 is 14.2 Å². The zero-order valence-electron chi connectivity index (χ0n) is 55.2. The number of unbranched alkanes of at least 4 members (excludes halogenated alkanes) is 41. The Bertz CT molecular complexity index is 1570. The second kappa shape index (κ2) is 71.1. The molecule has 0 N–H and O–H groups in total. The lowest BCUT2D eigenvalue weighted by molar-refractivity contribution is -0.167. The van der Waals surface area contributed by atoms with Crippen molar-refractivity contribution in [2.24, 2.45) is 0 Å². The highest BCUT2D eigenvalue weighted by Crippen LogP contribution is 2.18. The largest absolute Gasteiger partial charge is 0.462 e. The van der Waals surface area contributed by atoms with Gasteiger partial charge in [-0.3, -0.25) is 14.4 Å². The lowest BCUT2D eigenvalue weighted by atomic mass is 10.0. The zero-order valence-corrected chi connectivity index (χ0v) is 55.2. The van der Waals surface area contributed by atoms with Crippen molar-refractivity contribution in [3.8, 4) is 0 Å². The summed E-state index contributed by atoms with van der Waals surface area (Å²) in [5.41, 5.74) is 0. The van der Waals surface area contributed by atoms with E-state index in [1.54, 1.807) is 0 Å². The van der Waals surface area contributed by atoms with Gasteiger partial charge in [0.1, 0.15) is 13.2 Å². The first kappa shape index (κ1) is 79.6. The fourth-order valence-electron chi connectivity index (χ4n) is 10.5. The van der Waals surface area contributed by atoms with Crippen molar-refractivity contribution in [1.82, 2.24) is 0 Å². The lowest BCUT2D eigenvalue weighted by Gasteiger charge is -2.18. The van der Waals surface area contributed by atoms with Crippen molar-refractivity contribution in [3.05, 3.63) is 85.1 Å². The molecular formula is C77H136O6. The maximum absolute atomic E-state index is 12.9. The Morgan fingerprint density at radius 3 is 0.747 bits per heavy atom. The van der Waals surface area contributed by atoms with Crippen molar-refractivity contribution in [2.45, 2.75) is 374 Å². The molecule has 0 aromatic heterocycles. The van der Waals surface area contributed by atoms with Crippen LogP contribution in [-0.2, 0) is 28.6 Å². The van der Waals surface area contributed by atoms with Crippen LogP contribution in [0.25, 0.3) is 0 Å². The number of carbonyl (C=O) groups is 3. The van der Waals surface area contributed by atoms with Gasteiger partial charge in [-0.05, 0) is 96.3 Å². The average Bonchev–Trinajstić information content (AvgIpc) is 3.49. The van der Waals surface area contributed by atoms with E-state index in [2.05, 4.69) is 106 Å². The van der Waals surface area contributed by atoms with Crippen molar-refractivity contribution in [1.29, 1.82) is 0 Å². The molecule has 0 spiro atoms. The van der Waals surface area contributed by atoms with Crippen LogP contribution in [0.5, 0.6) is 0 Å². The van der Waals surface area contributed by atoms with Gasteiger partial charge in [-0.15, -0.1) is 0 Å². The van der Waals surface area contributed by atoms with E-state index in [1.807, 2.05) is 0 Å². The number of esters is 3. The molecule has 0 aliphatic heterocycles. The van der Waals surface area contributed by atoms with Gasteiger partial charge in [0.05, 0.1) is 0 Å². The van der Waals surface area contributed by atoms with Crippen LogP contribution in [-0.4, -0.2) is 37.2 Å². The van der Waals surface area contributed by atoms with Crippen LogP contribution in [0.1, 0.15) is 367 Å². The molecule has 0 saturated heterocycles. The van der Waals surface area contributed by atoms with Crippen LogP contribution in [0.2, 0.25) is 0 Å². The van der Waals surface area contributed by atoms with Gasteiger partial charge in [-0.25, -0.2) is 0 Å². The summed E-state index contributed by atoms with van der Waals surface area (Å²) in [5, 5.41) is 0. The summed E-state index contributed by atoms with van der Waals surface area (Å²) in [6, 6.07) is 0. The molecule has 83 heavy (non-hydrogen) atoms. The second-order valence-electron chi connectivity index (χ2n) is 24.1. The van der Waals surface area contributed by atoms with Crippen LogP contribution in [0, 0.1) is 0 Å². The molecule has 0 rings (SSSR count). The van der Waals surface area contributed by atoms with Crippen molar-refractivity contribution < 1.29 is 28.6 Å². The van der Waals surface area contributed by atoms with E-state index in [4.69, 9.17) is 14.2 Å². The molecule has 480 valence electrons. The topological polar surface area (TPSA) is 78.9 Å². The summed E-state index contributed by atoms with van der Waals surface area (Å²) < 4.78 is 17.0. The van der Waals surface area contributed by atoms with E-state index in [0.717, 1.165) is 116 Å². The fraction of sp³-hybridized carbons (Fsp3) is 0.779. The quantitative estimate of drug-likeness (QED) is 0.0261. The van der Waals surface area contributed by atoms with Crippen LogP contribution in [0.15, 0.2) is 85.1 Å². The molecule has 1 unspecified atom stereocenters. The first-order valence-corrected chi connectivity index (χ1v) is 36.1. The lowest BCUT2D eigenvalue weighted by Crippen LogP contribution is -2.30. The Hall–Kier alpha value is -3.41. The van der Waals surface area contributed by atoms with E-state index in [9.17, 15) is 14.4 Å². The number of hydrogen-bond donors (Lipinski definition) is 0. The molecule has 0 aromatic carbocycles. The molecule has 6 nitrogen and oxygen atoms in total. The van der Waals surface area contributed by atoms with Crippen LogP contribution >= 0.6 is 0 Å². The summed E-state index contributed by atoms with van der Waals surface area (Å²) >= 11 is 0. The molecule has 0 heterocycles. The molecule has 0 amide bonds. The number of hydrogen-bond acceptors (Lipinski definition) is 6. The van der Waals surface area contributed by atoms with Gasteiger partial charge in [0, 0.05) is 19.3 Å². The minimum Gasteiger partial charge on any atom is -0.462 e. The third-order valence-corrected chi connectivity index (χ3v) is 15.9. The molecule has 0 aliphatic carbocycles. The van der Waals surface area contributed by atoms with E-state index in [1.165, 1.54) is 212 Å². The van der Waals surface area contributed by atoms with E-state index < -0.39 is 6.10 Å². The maximum Gasteiger partial charge on any atom is 0.306 e. The van der Waals surface area contributed by atoms with Gasteiger partial charge in [-0.2, -0.15) is 0 Å². The van der Waals surface area contributed by atoms with E-state index >= 15 is 0 Å². The normalized spacial score (nSPS) is 12.6. The number of ether oxygens (including phenoxy) is 3. The minimum absolute atomic E-state index is 0.0761. The summed E-state index contributed by atoms with van der Waals surface area (Å²) in [6.45, 7) is 6.55. The molecule has 0 radical (unpaired) electrons. The van der Waals surface area contributed by atoms with Gasteiger partial charge >= 0.3 is 17.9 Å². The Labute approximate surface area is 515 Å². The number of rotatable bonds is 66. The first-order chi connectivity index (χ1) is 41.0. The fourth-order valence-corrected chi connectivity index (χ4v) is 10.5. The molecule has 6 heteroatoms. The molecule has 0 aliphatic rings. The average molecular weight is 1160 g/mol. The molecule has 0 aromatic rings. The molecule has 0 fully saturated rings. The molecule has 0 bridgehead atoms. The summed E-state index contributed by atoms with van der Waals surface area (Å²) in [7, 11) is 0. The van der Waals surface area contributed by atoms with E-state index in [-0.39, 0.29) is 31.1 Å². The highest BCUT2D eigenvalue weighted by molar-refractivity contribution is 5.71. The molecule has 1 atom stereocenters. The monoisotopic (exact) mass is 1160 g/mol. The highest BCUT2D eigenvalue weighted by Gasteiger charge is 2.19. The molecule has 0 saturated carbocycles. The first-order valence-electron chi connectivity index (χ1n) is 36.1. The number of allylic oxidation sites excluding steroid dienone is 14. The minimum atomic E-state index is -0.782. The van der Waals surface area contributed by atoms with Gasteiger partial charge in [0.15, 0.2) is 6.10 Å². The highest BCUT2D eigenvalue weighted by atomic mass is 16.6. The Kier molecular flexibility index (Phi) is 68.2. The standard InChI is InChI=1S/C77H136O6/c1-4-7-10-13-16-19-22-25-28-31-32-33-34-35-36-37-38-39-40-41-42-43-44-45-46-47-50-52-55-58-61-64-67-70-76(79)82-73-74(83-77(80)71-68-65-62-59-56-53-49-30-27-24-21-18-15-12-9-6-3)72-81-75(78)69-66-63-60-57-54-51-48-29-26-23-20-17-14-11-8-5-2/h7,10,16,19,21,24-25,28,30,32-33,35-36,49,74H,4-6,8-9,11-15,17-18,20,22-23,26-27,29,31,34,37-48,50-73H2,1-3H3/b10-7-,19-16-,24-21-,28-25-,33-32-,36-35-,49-30-. The van der Waals surface area contributed by atoms with E-state index in [0.29, 0.717) is 19.3 Å². The van der Waals surface area contributed by atoms with Crippen molar-refractivity contribution >= 4 is 17.9 Å². The van der Waals surface area contributed by atoms with Gasteiger partial charge in [0.2, 0.25) is 0 Å². The maximum atomic E-state index is 12.9. The zero-order chi connectivity index (χ0) is 59.9. The second-order valence-corrected chi connectivity index (χ2v) is 24.1. The SMILES string of the molecule is CC/C=C\C/C=C\C/C=C\C/C=C\C/C=C\CCCCCCCCCCCCCCCCCCCC(=O)OCC(COC(=O)CCCCCCCCCCCCCCCCCC)OC(=O)CCCCCCC/C=C\C/C=C\CCCCCC. The van der Waals surface area contributed by atoms with Crippen molar-refractivity contribution in [2.75, 3.05) is 13.2 Å². The van der Waals surface area contributed by atoms with Gasteiger partial charge in [0.25, 0.3) is 0 Å². The Balaban J connectivity index is 4.19. The number of carbonyl (C=O) groups excluding carboxylic acids is 3. The summed E-state index contributed by atoms with van der Waals surface area (Å²) in [5.74, 6) is -0.867. The van der Waals surface area contributed by atoms with Crippen LogP contribution < -0.4 is 0 Å². The third kappa shape index (κ3) is 69.3. The summed E-state index contributed by atoms with van der Waals surface area (Å²) in [4.78, 5) is 38.4. The Morgan fingerprint density at radius 1 is 0.253 bits per heavy atom. The van der Waals surface area contributed by atoms with Gasteiger partial charge in [-0.1, -0.05) is 337 Å². The van der Waals surface area contributed by atoms with Crippen LogP contribution in [0.4, 0.5) is 0 Å². The summed E-state index contributed by atoms with van der Waals surface area (Å²) in [6.07, 6.45) is 94.7. The predicted molar refractivity (Wildman–Crippen MR) is 362 cm³/mol. The predicted octanol–water partition coefficient (Wildman–Crippen LogP) is 25.0. The third-order valence-electron chi connectivity index (χ3n) is 15.9. The smallest absolute Gasteiger partial charge is 0.306 e. The van der Waals surface area contributed by atoms with Crippen LogP contribution in [0.3, 0.4) is 0 Å².